The zero-order chi connectivity index (χ0) is 26.0. The lowest BCUT2D eigenvalue weighted by atomic mass is 10.1. The summed E-state index contributed by atoms with van der Waals surface area (Å²) in [5.41, 5.74) is 4.93. The Morgan fingerprint density at radius 3 is 2.39 bits per heavy atom. The first-order chi connectivity index (χ1) is 17.8. The van der Waals surface area contributed by atoms with Crippen molar-refractivity contribution in [3.05, 3.63) is 55.0 Å². The number of anilines is 2. The number of aryl methyl sites for hydroxylation is 1. The minimum absolute atomic E-state index is 0. The molecule has 5 rings (SSSR count). The summed E-state index contributed by atoms with van der Waals surface area (Å²) in [5, 5.41) is 4.23. The van der Waals surface area contributed by atoms with Gasteiger partial charge in [0, 0.05) is 74.4 Å². The van der Waals surface area contributed by atoms with E-state index in [-0.39, 0.29) is 25.4 Å². The van der Waals surface area contributed by atoms with Gasteiger partial charge in [-0.25, -0.2) is 13.8 Å². The summed E-state index contributed by atoms with van der Waals surface area (Å²) in [6, 6.07) is 11.6. The molecular formula is C27H31ClF2N6O2. The van der Waals surface area contributed by atoms with E-state index in [1.807, 2.05) is 54.5 Å². The van der Waals surface area contributed by atoms with Gasteiger partial charge >= 0.3 is 0 Å². The second-order valence-corrected chi connectivity index (χ2v) is 9.29. The fourth-order valence-electron chi connectivity index (χ4n) is 4.67. The number of hydrogen-bond acceptors (Lipinski definition) is 7. The second kappa shape index (κ2) is 11.5. The van der Waals surface area contributed by atoms with Gasteiger partial charge in [0.2, 0.25) is 0 Å². The number of alkyl halides is 2. The molecule has 1 saturated heterocycles. The lowest BCUT2D eigenvalue weighted by Crippen LogP contribution is -2.29. The van der Waals surface area contributed by atoms with E-state index in [0.717, 1.165) is 33.7 Å². The summed E-state index contributed by atoms with van der Waals surface area (Å²) < 4.78 is 40.1. The molecule has 3 heterocycles. The minimum atomic E-state index is -2.59. The SMILES string of the molecule is COc1cc(OC)cc(N(CCCN2CCC(F)(F)C2)c2ccc3ncc(-c4cnn(C)c4)nc3c2)c1.Cl. The van der Waals surface area contributed by atoms with Crippen LogP contribution in [0.1, 0.15) is 12.8 Å². The maximum Gasteiger partial charge on any atom is 0.261 e. The van der Waals surface area contributed by atoms with Crippen LogP contribution in [0.5, 0.6) is 11.5 Å². The van der Waals surface area contributed by atoms with Crippen LogP contribution in [0.2, 0.25) is 0 Å². The monoisotopic (exact) mass is 544 g/mol. The molecule has 0 aliphatic carbocycles. The van der Waals surface area contributed by atoms with Crippen molar-refractivity contribution in [1.29, 1.82) is 0 Å². The van der Waals surface area contributed by atoms with Gasteiger partial charge in [-0.15, -0.1) is 12.4 Å². The molecule has 0 amide bonds. The van der Waals surface area contributed by atoms with Crippen molar-refractivity contribution in [3.8, 4) is 22.8 Å². The van der Waals surface area contributed by atoms with Crippen LogP contribution in [-0.4, -0.2) is 71.0 Å². The molecule has 202 valence electrons. The van der Waals surface area contributed by atoms with E-state index in [0.29, 0.717) is 37.6 Å². The maximum absolute atomic E-state index is 13.7. The van der Waals surface area contributed by atoms with E-state index in [9.17, 15) is 8.78 Å². The number of rotatable bonds is 9. The Bertz CT molecular complexity index is 1380. The van der Waals surface area contributed by atoms with Gasteiger partial charge in [0.15, 0.2) is 0 Å². The van der Waals surface area contributed by atoms with Crippen LogP contribution >= 0.6 is 12.4 Å². The highest BCUT2D eigenvalue weighted by Gasteiger charge is 2.37. The molecule has 4 aromatic rings. The van der Waals surface area contributed by atoms with Gasteiger partial charge in [-0.1, -0.05) is 0 Å². The Morgan fingerprint density at radius 2 is 1.76 bits per heavy atom. The Morgan fingerprint density at radius 1 is 1.00 bits per heavy atom. The van der Waals surface area contributed by atoms with Crippen LogP contribution in [-0.2, 0) is 7.05 Å². The molecule has 1 fully saturated rings. The van der Waals surface area contributed by atoms with Crippen LogP contribution in [0.3, 0.4) is 0 Å². The Labute approximate surface area is 226 Å². The van der Waals surface area contributed by atoms with Crippen molar-refractivity contribution < 1.29 is 18.3 Å². The molecule has 0 atom stereocenters. The van der Waals surface area contributed by atoms with E-state index in [2.05, 4.69) is 15.0 Å². The highest BCUT2D eigenvalue weighted by atomic mass is 35.5. The summed E-state index contributed by atoms with van der Waals surface area (Å²) in [4.78, 5) is 13.4. The average molecular weight is 545 g/mol. The van der Waals surface area contributed by atoms with Gasteiger partial charge in [-0.3, -0.25) is 14.6 Å². The summed E-state index contributed by atoms with van der Waals surface area (Å²) in [6.45, 7) is 1.44. The van der Waals surface area contributed by atoms with E-state index >= 15 is 0 Å². The van der Waals surface area contributed by atoms with Crippen molar-refractivity contribution in [2.75, 3.05) is 45.3 Å². The molecule has 0 N–H and O–H groups in total. The van der Waals surface area contributed by atoms with Crippen molar-refractivity contribution in [2.24, 2.45) is 7.05 Å². The third kappa shape index (κ3) is 6.14. The van der Waals surface area contributed by atoms with Crippen LogP contribution < -0.4 is 14.4 Å². The molecule has 0 bridgehead atoms. The third-order valence-corrected chi connectivity index (χ3v) is 6.59. The molecule has 0 saturated carbocycles. The molecule has 0 unspecified atom stereocenters. The van der Waals surface area contributed by atoms with E-state index in [1.54, 1.807) is 31.3 Å². The fraction of sp³-hybridized carbons (Fsp3) is 0.370. The number of ether oxygens (including phenoxy) is 2. The molecule has 0 spiro atoms. The number of halogens is 3. The van der Waals surface area contributed by atoms with Crippen molar-refractivity contribution in [3.63, 3.8) is 0 Å². The molecular weight excluding hydrogens is 514 g/mol. The van der Waals surface area contributed by atoms with E-state index < -0.39 is 5.92 Å². The maximum atomic E-state index is 13.7. The van der Waals surface area contributed by atoms with Crippen molar-refractivity contribution >= 4 is 34.8 Å². The second-order valence-electron chi connectivity index (χ2n) is 9.29. The van der Waals surface area contributed by atoms with Crippen LogP contribution in [0.15, 0.2) is 55.0 Å². The number of likely N-dealkylation sites (tertiary alicyclic amines) is 1. The molecule has 2 aromatic carbocycles. The molecule has 38 heavy (non-hydrogen) atoms. The topological polar surface area (TPSA) is 68.5 Å². The quantitative estimate of drug-likeness (QED) is 0.282. The lowest BCUT2D eigenvalue weighted by Gasteiger charge is -2.27. The number of fused-ring (bicyclic) bond motifs is 1. The average Bonchev–Trinajstić information content (AvgIpc) is 3.49. The van der Waals surface area contributed by atoms with Crippen LogP contribution in [0.25, 0.3) is 22.3 Å². The number of nitrogens with zero attached hydrogens (tertiary/aromatic N) is 6. The summed E-state index contributed by atoms with van der Waals surface area (Å²) in [6.07, 6.45) is 6.03. The smallest absolute Gasteiger partial charge is 0.261 e. The van der Waals surface area contributed by atoms with Gasteiger partial charge in [0.25, 0.3) is 5.92 Å². The Balaban J connectivity index is 0.00000336. The first-order valence-electron chi connectivity index (χ1n) is 12.2. The van der Waals surface area contributed by atoms with E-state index in [4.69, 9.17) is 14.5 Å². The van der Waals surface area contributed by atoms with Gasteiger partial charge in [0.05, 0.1) is 49.9 Å². The third-order valence-electron chi connectivity index (χ3n) is 6.59. The molecule has 8 nitrogen and oxygen atoms in total. The standard InChI is InChI=1S/C27H30F2N6O2.ClH/c1-33-17-19(15-31-33)26-16-30-24-6-5-20(13-25(24)32-26)35(9-4-8-34-10-7-27(28,29)18-34)21-11-22(36-2)14-23(12-21)37-3;/h5-6,11-17H,4,7-10,18H2,1-3H3;1H. The number of benzene rings is 2. The summed E-state index contributed by atoms with van der Waals surface area (Å²) in [5.74, 6) is -1.26. The first kappa shape index (κ1) is 27.5. The largest absolute Gasteiger partial charge is 0.497 e. The molecule has 0 radical (unpaired) electrons. The van der Waals surface area contributed by atoms with Gasteiger partial charge < -0.3 is 14.4 Å². The van der Waals surface area contributed by atoms with Crippen molar-refractivity contribution in [1.82, 2.24) is 24.6 Å². The normalized spacial score (nSPS) is 14.9. The molecule has 11 heteroatoms. The van der Waals surface area contributed by atoms with E-state index in [1.165, 1.54) is 0 Å². The van der Waals surface area contributed by atoms with Gasteiger partial charge in [-0.05, 0) is 24.6 Å². The zero-order valence-electron chi connectivity index (χ0n) is 21.6. The van der Waals surface area contributed by atoms with Crippen LogP contribution in [0.4, 0.5) is 20.2 Å². The Hall–Kier alpha value is -3.50. The fourth-order valence-corrected chi connectivity index (χ4v) is 4.67. The number of aromatic nitrogens is 4. The number of hydrogen-bond donors (Lipinski definition) is 0. The molecule has 1 aliphatic heterocycles. The summed E-state index contributed by atoms with van der Waals surface area (Å²) in [7, 11) is 5.09. The highest BCUT2D eigenvalue weighted by molar-refractivity contribution is 5.85. The van der Waals surface area contributed by atoms with Gasteiger partial charge in [-0.2, -0.15) is 5.10 Å². The minimum Gasteiger partial charge on any atom is -0.497 e. The van der Waals surface area contributed by atoms with Crippen LogP contribution in [0, 0.1) is 0 Å². The number of methoxy groups -OCH3 is 2. The van der Waals surface area contributed by atoms with Gasteiger partial charge in [0.1, 0.15) is 11.5 Å². The molecule has 2 aromatic heterocycles. The molecule has 1 aliphatic rings. The lowest BCUT2D eigenvalue weighted by molar-refractivity contribution is 0.0122. The predicted octanol–water partition coefficient (Wildman–Crippen LogP) is 5.34. The first-order valence-corrected chi connectivity index (χ1v) is 12.2. The zero-order valence-corrected chi connectivity index (χ0v) is 22.4. The predicted molar refractivity (Wildman–Crippen MR) is 146 cm³/mol. The van der Waals surface area contributed by atoms with Crippen molar-refractivity contribution in [2.45, 2.75) is 18.8 Å². The summed E-state index contributed by atoms with van der Waals surface area (Å²) >= 11 is 0. The highest BCUT2D eigenvalue weighted by Crippen LogP contribution is 2.34. The Kier molecular flexibility index (Phi) is 8.32.